The predicted octanol–water partition coefficient (Wildman–Crippen LogP) is 0.0638. The number of amides is 2. The van der Waals surface area contributed by atoms with Crippen molar-refractivity contribution in [1.82, 2.24) is 5.32 Å². The first-order chi connectivity index (χ1) is 7.90. The minimum Gasteiger partial charge on any atom is -0.505 e. The summed E-state index contributed by atoms with van der Waals surface area (Å²) in [6.45, 7) is 1.26. The molecule has 0 aliphatic heterocycles. The Morgan fingerprint density at radius 3 is 2.65 bits per heavy atom. The number of hydrogen-bond acceptors (Lipinski definition) is 3. The Morgan fingerprint density at radius 2 is 2.18 bits per heavy atom. The molecule has 0 spiro atoms. The molecule has 0 heterocycles. The summed E-state index contributed by atoms with van der Waals surface area (Å²) in [4.78, 5) is 21.9. The van der Waals surface area contributed by atoms with Crippen LogP contribution in [-0.2, 0) is 16.0 Å². The highest BCUT2D eigenvalue weighted by Gasteiger charge is 2.17. The minimum atomic E-state index is -0.892. The van der Waals surface area contributed by atoms with E-state index in [1.165, 1.54) is 19.1 Å². The van der Waals surface area contributed by atoms with Crippen LogP contribution in [-0.4, -0.2) is 23.0 Å². The summed E-state index contributed by atoms with van der Waals surface area (Å²) in [5, 5.41) is 11.4. The molecule has 0 saturated carbocycles. The van der Waals surface area contributed by atoms with Gasteiger partial charge in [-0.1, -0.05) is 6.07 Å². The zero-order chi connectivity index (χ0) is 13.0. The third-order valence-electron chi connectivity index (χ3n) is 2.17. The lowest BCUT2D eigenvalue weighted by Crippen LogP contribution is -2.45. The maximum atomic E-state index is 13.0. The smallest absolute Gasteiger partial charge is 0.240 e. The molecule has 5 nitrogen and oxygen atoms in total. The molecule has 0 aliphatic rings. The van der Waals surface area contributed by atoms with Gasteiger partial charge in [0, 0.05) is 13.3 Å². The fourth-order valence-electron chi connectivity index (χ4n) is 1.38. The Morgan fingerprint density at radius 1 is 1.53 bits per heavy atom. The van der Waals surface area contributed by atoms with Crippen LogP contribution in [0.4, 0.5) is 4.39 Å². The number of rotatable bonds is 4. The predicted molar refractivity (Wildman–Crippen MR) is 58.6 cm³/mol. The van der Waals surface area contributed by atoms with E-state index in [2.05, 4.69) is 5.32 Å². The van der Waals surface area contributed by atoms with Crippen LogP contribution in [0.3, 0.4) is 0 Å². The van der Waals surface area contributed by atoms with Crippen LogP contribution in [0.15, 0.2) is 18.2 Å². The van der Waals surface area contributed by atoms with Gasteiger partial charge in [-0.05, 0) is 17.7 Å². The van der Waals surface area contributed by atoms with Crippen molar-refractivity contribution in [2.24, 2.45) is 5.73 Å². The number of nitrogens with one attached hydrogen (secondary N) is 1. The second-order valence-electron chi connectivity index (χ2n) is 3.65. The number of benzene rings is 1. The van der Waals surface area contributed by atoms with Crippen molar-refractivity contribution in [2.45, 2.75) is 19.4 Å². The van der Waals surface area contributed by atoms with Gasteiger partial charge in [0.1, 0.15) is 6.04 Å². The van der Waals surface area contributed by atoms with E-state index in [1.54, 1.807) is 0 Å². The zero-order valence-corrected chi connectivity index (χ0v) is 9.24. The van der Waals surface area contributed by atoms with Crippen molar-refractivity contribution in [3.8, 4) is 5.75 Å². The minimum absolute atomic E-state index is 0.0755. The zero-order valence-electron chi connectivity index (χ0n) is 9.24. The summed E-state index contributed by atoms with van der Waals surface area (Å²) in [7, 11) is 0. The standard InChI is InChI=1S/C11H13FN2O3/c1-6(15)14-9(11(13)17)5-7-2-3-10(16)8(12)4-7/h2-4,9,16H,5H2,1H3,(H2,13,17)(H,14,15)/t9-/m0/s1. The number of nitrogens with two attached hydrogens (primary N) is 1. The van der Waals surface area contributed by atoms with Crippen LogP contribution in [0.25, 0.3) is 0 Å². The fourth-order valence-corrected chi connectivity index (χ4v) is 1.38. The van der Waals surface area contributed by atoms with Crippen molar-refractivity contribution in [3.63, 3.8) is 0 Å². The number of phenols is 1. The highest BCUT2D eigenvalue weighted by atomic mass is 19.1. The number of hydrogen-bond donors (Lipinski definition) is 3. The molecular formula is C11H13FN2O3. The normalized spacial score (nSPS) is 11.9. The van der Waals surface area contributed by atoms with Gasteiger partial charge in [-0.25, -0.2) is 4.39 Å². The average Bonchev–Trinajstić information content (AvgIpc) is 2.21. The molecule has 0 saturated heterocycles. The van der Waals surface area contributed by atoms with E-state index >= 15 is 0 Å². The second kappa shape index (κ2) is 5.29. The van der Waals surface area contributed by atoms with Crippen LogP contribution < -0.4 is 11.1 Å². The van der Waals surface area contributed by atoms with Gasteiger partial charge in [-0.3, -0.25) is 9.59 Å². The lowest BCUT2D eigenvalue weighted by Gasteiger charge is -2.14. The van der Waals surface area contributed by atoms with E-state index in [0.717, 1.165) is 6.07 Å². The van der Waals surface area contributed by atoms with Crippen molar-refractivity contribution in [1.29, 1.82) is 0 Å². The van der Waals surface area contributed by atoms with Crippen molar-refractivity contribution >= 4 is 11.8 Å². The van der Waals surface area contributed by atoms with Crippen LogP contribution in [0.1, 0.15) is 12.5 Å². The maximum absolute atomic E-state index is 13.0. The summed E-state index contributed by atoms with van der Waals surface area (Å²) in [5.41, 5.74) is 5.56. The summed E-state index contributed by atoms with van der Waals surface area (Å²) in [6.07, 6.45) is 0.0755. The van der Waals surface area contributed by atoms with E-state index in [9.17, 15) is 14.0 Å². The largest absolute Gasteiger partial charge is 0.505 e. The number of halogens is 1. The lowest BCUT2D eigenvalue weighted by molar-refractivity contribution is -0.126. The number of phenolic OH excluding ortho intramolecular Hbond substituents is 1. The molecule has 92 valence electrons. The second-order valence-corrected chi connectivity index (χ2v) is 3.65. The molecule has 0 bridgehead atoms. The molecule has 4 N–H and O–H groups in total. The first kappa shape index (κ1) is 13.0. The topological polar surface area (TPSA) is 92.4 Å². The molecule has 0 aliphatic carbocycles. The molecule has 0 unspecified atom stereocenters. The van der Waals surface area contributed by atoms with Gasteiger partial charge in [0.15, 0.2) is 11.6 Å². The molecule has 6 heteroatoms. The van der Waals surface area contributed by atoms with Gasteiger partial charge in [0.2, 0.25) is 11.8 Å². The molecular weight excluding hydrogens is 227 g/mol. The molecule has 1 aromatic rings. The Bertz CT molecular complexity index is 448. The molecule has 2 amide bonds. The van der Waals surface area contributed by atoms with Crippen LogP contribution >= 0.6 is 0 Å². The Hall–Kier alpha value is -2.11. The van der Waals surface area contributed by atoms with E-state index in [1.807, 2.05) is 0 Å². The highest BCUT2D eigenvalue weighted by Crippen LogP contribution is 2.17. The first-order valence-electron chi connectivity index (χ1n) is 4.94. The molecule has 0 aromatic heterocycles. The van der Waals surface area contributed by atoms with Crippen LogP contribution in [0.5, 0.6) is 5.75 Å². The number of carbonyl (C=O) groups excluding carboxylic acids is 2. The maximum Gasteiger partial charge on any atom is 0.240 e. The average molecular weight is 240 g/mol. The van der Waals surface area contributed by atoms with Crippen molar-refractivity contribution < 1.29 is 19.1 Å². The molecule has 1 atom stereocenters. The van der Waals surface area contributed by atoms with Gasteiger partial charge in [-0.2, -0.15) is 0 Å². The SMILES string of the molecule is CC(=O)N[C@@H](Cc1ccc(O)c(F)c1)C(N)=O. The van der Waals surface area contributed by atoms with E-state index in [4.69, 9.17) is 10.8 Å². The van der Waals surface area contributed by atoms with E-state index in [0.29, 0.717) is 5.56 Å². The molecule has 0 fully saturated rings. The fraction of sp³-hybridized carbons (Fsp3) is 0.273. The van der Waals surface area contributed by atoms with E-state index in [-0.39, 0.29) is 6.42 Å². The Balaban J connectivity index is 2.82. The van der Waals surface area contributed by atoms with Crippen molar-refractivity contribution in [2.75, 3.05) is 0 Å². The van der Waals surface area contributed by atoms with Crippen LogP contribution in [0.2, 0.25) is 0 Å². The quantitative estimate of drug-likeness (QED) is 0.695. The van der Waals surface area contributed by atoms with Gasteiger partial charge >= 0.3 is 0 Å². The first-order valence-corrected chi connectivity index (χ1v) is 4.94. The third-order valence-corrected chi connectivity index (χ3v) is 2.17. The Labute approximate surface area is 97.4 Å². The summed E-state index contributed by atoms with van der Waals surface area (Å²) in [5.74, 6) is -2.35. The van der Waals surface area contributed by atoms with Gasteiger partial charge in [-0.15, -0.1) is 0 Å². The number of primary amides is 1. The molecule has 1 rings (SSSR count). The highest BCUT2D eigenvalue weighted by molar-refractivity contribution is 5.85. The van der Waals surface area contributed by atoms with Gasteiger partial charge in [0.25, 0.3) is 0 Å². The number of aromatic hydroxyl groups is 1. The van der Waals surface area contributed by atoms with Gasteiger partial charge in [0.05, 0.1) is 0 Å². The molecule has 17 heavy (non-hydrogen) atoms. The van der Waals surface area contributed by atoms with Crippen LogP contribution in [0, 0.1) is 5.82 Å². The molecule has 0 radical (unpaired) electrons. The Kier molecular flexibility index (Phi) is 4.03. The van der Waals surface area contributed by atoms with Gasteiger partial charge < -0.3 is 16.2 Å². The third kappa shape index (κ3) is 3.75. The summed E-state index contributed by atoms with van der Waals surface area (Å²) < 4.78 is 13.0. The van der Waals surface area contributed by atoms with Crippen molar-refractivity contribution in [3.05, 3.63) is 29.6 Å². The monoisotopic (exact) mass is 240 g/mol. The summed E-state index contributed by atoms with van der Waals surface area (Å²) >= 11 is 0. The summed E-state index contributed by atoms with van der Waals surface area (Å²) in [6, 6.07) is 2.83. The lowest BCUT2D eigenvalue weighted by atomic mass is 10.0. The van der Waals surface area contributed by atoms with E-state index < -0.39 is 29.4 Å². The number of carbonyl (C=O) groups is 2. The molecule has 1 aromatic carbocycles.